The zero-order valence-electron chi connectivity index (χ0n) is 13.7. The van der Waals surface area contributed by atoms with Crippen molar-refractivity contribution >= 4 is 17.3 Å². The second-order valence-corrected chi connectivity index (χ2v) is 5.44. The van der Waals surface area contributed by atoms with Gasteiger partial charge in [0.05, 0.1) is 11.5 Å². The Labute approximate surface area is 140 Å². The summed E-state index contributed by atoms with van der Waals surface area (Å²) in [4.78, 5) is 22.7. The minimum absolute atomic E-state index is 0.00294. The molecule has 24 heavy (non-hydrogen) atoms. The van der Waals surface area contributed by atoms with E-state index in [4.69, 9.17) is 4.74 Å². The Morgan fingerprint density at radius 3 is 2.71 bits per heavy atom. The van der Waals surface area contributed by atoms with Crippen LogP contribution in [0.15, 0.2) is 42.5 Å². The number of ether oxygens (including phenoxy) is 1. The Morgan fingerprint density at radius 1 is 1.25 bits per heavy atom. The van der Waals surface area contributed by atoms with Gasteiger partial charge in [0, 0.05) is 23.4 Å². The monoisotopic (exact) mass is 328 g/mol. The highest BCUT2D eigenvalue weighted by Gasteiger charge is 2.12. The van der Waals surface area contributed by atoms with Gasteiger partial charge in [0.1, 0.15) is 5.75 Å². The minimum Gasteiger partial charge on any atom is -0.494 e. The van der Waals surface area contributed by atoms with Gasteiger partial charge in [0.25, 0.3) is 11.6 Å². The van der Waals surface area contributed by atoms with Gasteiger partial charge in [-0.25, -0.2) is 0 Å². The van der Waals surface area contributed by atoms with Crippen LogP contribution in [0.2, 0.25) is 0 Å². The van der Waals surface area contributed by atoms with E-state index in [1.54, 1.807) is 25.1 Å². The van der Waals surface area contributed by atoms with Gasteiger partial charge in [0.2, 0.25) is 0 Å². The molecule has 0 saturated heterocycles. The predicted octanol–water partition coefficient (Wildman–Crippen LogP) is 4.33. The molecule has 0 unspecified atom stereocenters. The molecule has 0 aliphatic heterocycles. The van der Waals surface area contributed by atoms with Crippen LogP contribution in [0, 0.1) is 17.0 Å². The maximum Gasteiger partial charge on any atom is 0.269 e. The molecule has 0 aliphatic carbocycles. The standard InChI is InChI=1S/C18H20N2O4/c1-3-4-10-24-16-7-5-6-14(12-16)18(21)19-17-9-8-15(20(22)23)11-13(17)2/h5-9,11-12H,3-4,10H2,1-2H3,(H,19,21). The predicted molar refractivity (Wildman–Crippen MR) is 92.6 cm³/mol. The number of amides is 1. The number of aryl methyl sites for hydroxylation is 1. The van der Waals surface area contributed by atoms with Crippen molar-refractivity contribution in [1.29, 1.82) is 0 Å². The first-order chi connectivity index (χ1) is 11.5. The van der Waals surface area contributed by atoms with Crippen molar-refractivity contribution in [3.63, 3.8) is 0 Å². The van der Waals surface area contributed by atoms with E-state index in [0.29, 0.717) is 29.2 Å². The van der Waals surface area contributed by atoms with Crippen LogP contribution >= 0.6 is 0 Å². The maximum atomic E-state index is 12.4. The largest absolute Gasteiger partial charge is 0.494 e. The van der Waals surface area contributed by atoms with Gasteiger partial charge in [-0.2, -0.15) is 0 Å². The lowest BCUT2D eigenvalue weighted by atomic mass is 10.1. The molecule has 0 saturated carbocycles. The number of nitrogens with zero attached hydrogens (tertiary/aromatic N) is 1. The molecule has 0 aliphatic rings. The van der Waals surface area contributed by atoms with Crippen LogP contribution in [0.1, 0.15) is 35.7 Å². The number of carbonyl (C=O) groups excluding carboxylic acids is 1. The summed E-state index contributed by atoms with van der Waals surface area (Å²) in [6.45, 7) is 4.41. The summed E-state index contributed by atoms with van der Waals surface area (Å²) in [6.07, 6.45) is 2.00. The molecule has 2 aromatic rings. The highest BCUT2D eigenvalue weighted by Crippen LogP contribution is 2.22. The van der Waals surface area contributed by atoms with Crippen molar-refractivity contribution in [1.82, 2.24) is 0 Å². The fourth-order valence-corrected chi connectivity index (χ4v) is 2.16. The van der Waals surface area contributed by atoms with Gasteiger partial charge in [-0.3, -0.25) is 14.9 Å². The van der Waals surface area contributed by atoms with Crippen molar-refractivity contribution in [2.24, 2.45) is 0 Å². The quantitative estimate of drug-likeness (QED) is 0.466. The lowest BCUT2D eigenvalue weighted by Crippen LogP contribution is -2.13. The van der Waals surface area contributed by atoms with Crippen molar-refractivity contribution in [2.45, 2.75) is 26.7 Å². The topological polar surface area (TPSA) is 81.5 Å². The number of non-ortho nitro benzene ring substituents is 1. The minimum atomic E-state index is -0.463. The molecule has 0 heterocycles. The van der Waals surface area contributed by atoms with Crippen LogP contribution in [0.25, 0.3) is 0 Å². The SMILES string of the molecule is CCCCOc1cccc(C(=O)Nc2ccc([N+](=O)[O-])cc2C)c1. The van der Waals surface area contributed by atoms with Crippen molar-refractivity contribution in [3.8, 4) is 5.75 Å². The van der Waals surface area contributed by atoms with Gasteiger partial charge in [-0.05, 0) is 43.2 Å². The molecule has 0 bridgehead atoms. The number of hydrogen-bond acceptors (Lipinski definition) is 4. The van der Waals surface area contributed by atoms with Crippen LogP contribution in [0.5, 0.6) is 5.75 Å². The molecule has 1 N–H and O–H groups in total. The zero-order valence-corrected chi connectivity index (χ0v) is 13.7. The van der Waals surface area contributed by atoms with E-state index in [1.807, 2.05) is 6.07 Å². The zero-order chi connectivity index (χ0) is 17.5. The van der Waals surface area contributed by atoms with Gasteiger partial charge < -0.3 is 10.1 Å². The Morgan fingerprint density at radius 2 is 2.04 bits per heavy atom. The highest BCUT2D eigenvalue weighted by atomic mass is 16.6. The van der Waals surface area contributed by atoms with Crippen LogP contribution in [-0.4, -0.2) is 17.4 Å². The number of carbonyl (C=O) groups is 1. The number of anilines is 1. The number of nitro groups is 1. The summed E-state index contributed by atoms with van der Waals surface area (Å²) in [5.41, 5.74) is 1.65. The number of rotatable bonds is 7. The summed E-state index contributed by atoms with van der Waals surface area (Å²) in [6, 6.07) is 11.3. The highest BCUT2D eigenvalue weighted by molar-refractivity contribution is 6.04. The number of nitrogens with one attached hydrogen (secondary N) is 1. The van der Waals surface area contributed by atoms with E-state index in [-0.39, 0.29) is 11.6 Å². The van der Waals surface area contributed by atoms with Gasteiger partial charge >= 0.3 is 0 Å². The average Bonchev–Trinajstić information content (AvgIpc) is 2.57. The molecule has 126 valence electrons. The van der Waals surface area contributed by atoms with E-state index >= 15 is 0 Å². The molecule has 6 nitrogen and oxygen atoms in total. The number of nitro benzene ring substituents is 1. The maximum absolute atomic E-state index is 12.4. The first-order valence-corrected chi connectivity index (χ1v) is 7.80. The third kappa shape index (κ3) is 4.55. The van der Waals surface area contributed by atoms with E-state index in [1.165, 1.54) is 18.2 Å². The van der Waals surface area contributed by atoms with Crippen molar-refractivity contribution in [2.75, 3.05) is 11.9 Å². The molecule has 2 aromatic carbocycles. The molecular weight excluding hydrogens is 308 g/mol. The lowest BCUT2D eigenvalue weighted by molar-refractivity contribution is -0.384. The van der Waals surface area contributed by atoms with Gasteiger partial charge in [-0.1, -0.05) is 19.4 Å². The molecule has 1 amide bonds. The summed E-state index contributed by atoms with van der Waals surface area (Å²) < 4.78 is 5.60. The first-order valence-electron chi connectivity index (χ1n) is 7.80. The third-order valence-corrected chi connectivity index (χ3v) is 3.53. The fraction of sp³-hybridized carbons (Fsp3) is 0.278. The summed E-state index contributed by atoms with van der Waals surface area (Å²) in [7, 11) is 0. The Hall–Kier alpha value is -2.89. The lowest BCUT2D eigenvalue weighted by Gasteiger charge is -2.10. The first kappa shape index (κ1) is 17.5. The van der Waals surface area contributed by atoms with Crippen LogP contribution in [0.3, 0.4) is 0 Å². The third-order valence-electron chi connectivity index (χ3n) is 3.53. The Kier molecular flexibility index (Phi) is 5.89. The van der Waals surface area contributed by atoms with E-state index in [0.717, 1.165) is 12.8 Å². The molecule has 0 radical (unpaired) electrons. The van der Waals surface area contributed by atoms with Gasteiger partial charge in [0.15, 0.2) is 0 Å². The molecule has 6 heteroatoms. The molecule has 0 fully saturated rings. The van der Waals surface area contributed by atoms with Crippen molar-refractivity contribution < 1.29 is 14.5 Å². The smallest absolute Gasteiger partial charge is 0.269 e. The van der Waals surface area contributed by atoms with Gasteiger partial charge in [-0.15, -0.1) is 0 Å². The van der Waals surface area contributed by atoms with E-state index < -0.39 is 4.92 Å². The second kappa shape index (κ2) is 8.10. The second-order valence-electron chi connectivity index (χ2n) is 5.44. The molecule has 0 spiro atoms. The number of hydrogen-bond donors (Lipinski definition) is 1. The summed E-state index contributed by atoms with van der Waals surface area (Å²) >= 11 is 0. The summed E-state index contributed by atoms with van der Waals surface area (Å²) in [5.74, 6) is 0.365. The normalized spacial score (nSPS) is 10.2. The van der Waals surface area contributed by atoms with E-state index in [9.17, 15) is 14.9 Å². The molecule has 0 aromatic heterocycles. The average molecular weight is 328 g/mol. The number of unbranched alkanes of at least 4 members (excludes halogenated alkanes) is 1. The fourth-order valence-electron chi connectivity index (χ4n) is 2.16. The summed E-state index contributed by atoms with van der Waals surface area (Å²) in [5, 5.41) is 13.5. The van der Waals surface area contributed by atoms with E-state index in [2.05, 4.69) is 12.2 Å². The molecule has 0 atom stereocenters. The molecule has 2 rings (SSSR count). The molecular formula is C18H20N2O4. The Bertz CT molecular complexity index is 744. The van der Waals surface area contributed by atoms with Crippen LogP contribution in [0.4, 0.5) is 11.4 Å². The van der Waals surface area contributed by atoms with Crippen molar-refractivity contribution in [3.05, 3.63) is 63.7 Å². The Balaban J connectivity index is 2.09. The van der Waals surface area contributed by atoms with Crippen LogP contribution in [-0.2, 0) is 0 Å². The van der Waals surface area contributed by atoms with Crippen LogP contribution < -0.4 is 10.1 Å². The number of benzene rings is 2.